The monoisotopic (exact) mass is 260 g/mol. The second-order valence-electron chi connectivity index (χ2n) is 5.28. The molecule has 0 spiro atoms. The maximum Gasteiger partial charge on any atom is 0.241 e. The molecular formula is C14H20N4O. The molecule has 0 saturated carbocycles. The second-order valence-corrected chi connectivity index (χ2v) is 5.28. The predicted octanol–water partition coefficient (Wildman–Crippen LogP) is 2.18. The van der Waals surface area contributed by atoms with Crippen LogP contribution >= 0.6 is 0 Å². The van der Waals surface area contributed by atoms with Crippen LogP contribution in [-0.2, 0) is 4.79 Å². The van der Waals surface area contributed by atoms with E-state index in [1.165, 1.54) is 0 Å². The van der Waals surface area contributed by atoms with Crippen LogP contribution in [0.15, 0.2) is 18.2 Å². The maximum absolute atomic E-state index is 11.9. The number of anilines is 1. The minimum Gasteiger partial charge on any atom is -0.342 e. The van der Waals surface area contributed by atoms with Gasteiger partial charge >= 0.3 is 0 Å². The molecule has 19 heavy (non-hydrogen) atoms. The number of aromatic amines is 1. The Bertz CT molecular complexity index is 588. The number of benzene rings is 1. The van der Waals surface area contributed by atoms with Gasteiger partial charge in [-0.15, -0.1) is 0 Å². The van der Waals surface area contributed by atoms with E-state index in [9.17, 15) is 4.79 Å². The van der Waals surface area contributed by atoms with Crippen molar-refractivity contribution in [3.63, 3.8) is 0 Å². The summed E-state index contributed by atoms with van der Waals surface area (Å²) in [6.45, 7) is 6.00. The van der Waals surface area contributed by atoms with Crippen LogP contribution < -0.4 is 11.1 Å². The first-order chi connectivity index (χ1) is 8.95. The summed E-state index contributed by atoms with van der Waals surface area (Å²) in [5, 5.41) is 2.84. The summed E-state index contributed by atoms with van der Waals surface area (Å²) < 4.78 is 0. The highest BCUT2D eigenvalue weighted by atomic mass is 16.2. The molecule has 0 aliphatic carbocycles. The van der Waals surface area contributed by atoms with Gasteiger partial charge in [0.2, 0.25) is 5.91 Å². The molecule has 1 amide bonds. The van der Waals surface area contributed by atoms with E-state index >= 15 is 0 Å². The molecule has 0 radical (unpaired) electrons. The summed E-state index contributed by atoms with van der Waals surface area (Å²) in [6, 6.07) is 5.11. The Kier molecular flexibility index (Phi) is 3.85. The van der Waals surface area contributed by atoms with Crippen LogP contribution in [0.2, 0.25) is 0 Å². The fourth-order valence-corrected chi connectivity index (χ4v) is 2.06. The molecule has 0 bridgehead atoms. The van der Waals surface area contributed by atoms with Crippen molar-refractivity contribution in [1.29, 1.82) is 0 Å². The minimum atomic E-state index is -0.473. The summed E-state index contributed by atoms with van der Waals surface area (Å²) in [5.74, 6) is 1.11. The molecule has 4 N–H and O–H groups in total. The van der Waals surface area contributed by atoms with Crippen LogP contribution in [0.25, 0.3) is 11.0 Å². The number of carbonyl (C=O) groups is 1. The number of nitrogens with two attached hydrogens (primary N) is 1. The smallest absolute Gasteiger partial charge is 0.241 e. The first-order valence-electron chi connectivity index (χ1n) is 6.48. The molecule has 1 aromatic carbocycles. The number of carbonyl (C=O) groups excluding carboxylic acids is 1. The number of imidazole rings is 1. The molecule has 2 rings (SSSR count). The number of nitrogens with one attached hydrogen (secondary N) is 2. The van der Waals surface area contributed by atoms with Crippen LogP contribution in [0, 0.1) is 12.8 Å². The molecule has 5 heteroatoms. The van der Waals surface area contributed by atoms with Crippen molar-refractivity contribution in [3.05, 3.63) is 24.0 Å². The summed E-state index contributed by atoms with van der Waals surface area (Å²) in [5.41, 5.74) is 8.39. The molecule has 1 unspecified atom stereocenters. The van der Waals surface area contributed by atoms with Gasteiger partial charge in [-0.25, -0.2) is 4.98 Å². The zero-order valence-corrected chi connectivity index (χ0v) is 11.5. The fourth-order valence-electron chi connectivity index (χ4n) is 2.06. The zero-order valence-electron chi connectivity index (χ0n) is 11.5. The number of aryl methyl sites for hydroxylation is 1. The number of H-pyrrole nitrogens is 1. The fraction of sp³-hybridized carbons (Fsp3) is 0.429. The first-order valence-corrected chi connectivity index (χ1v) is 6.48. The second kappa shape index (κ2) is 5.40. The minimum absolute atomic E-state index is 0.149. The standard InChI is InChI=1S/C14H20N4O/c1-8(2)6-11(15)14(19)18-10-4-5-12-13(7-10)17-9(3)16-12/h4-5,7-8,11H,6,15H2,1-3H3,(H,16,17)(H,18,19). The van der Waals surface area contributed by atoms with Crippen LogP contribution in [0.4, 0.5) is 5.69 Å². The van der Waals surface area contributed by atoms with E-state index in [4.69, 9.17) is 5.73 Å². The van der Waals surface area contributed by atoms with Crippen LogP contribution in [-0.4, -0.2) is 21.9 Å². The lowest BCUT2D eigenvalue weighted by atomic mass is 10.0. The molecular weight excluding hydrogens is 240 g/mol. The highest BCUT2D eigenvalue weighted by Gasteiger charge is 2.15. The van der Waals surface area contributed by atoms with Gasteiger partial charge in [0.25, 0.3) is 0 Å². The van der Waals surface area contributed by atoms with Gasteiger partial charge < -0.3 is 16.0 Å². The van der Waals surface area contributed by atoms with Gasteiger partial charge in [-0.3, -0.25) is 4.79 Å². The molecule has 102 valence electrons. The Morgan fingerprint density at radius 1 is 1.47 bits per heavy atom. The van der Waals surface area contributed by atoms with Gasteiger partial charge in [0.05, 0.1) is 17.1 Å². The predicted molar refractivity (Wildman–Crippen MR) is 76.9 cm³/mol. The topological polar surface area (TPSA) is 83.8 Å². The van der Waals surface area contributed by atoms with Gasteiger partial charge in [0.1, 0.15) is 5.82 Å². The quantitative estimate of drug-likeness (QED) is 0.787. The third-order valence-electron chi connectivity index (χ3n) is 2.93. The summed E-state index contributed by atoms with van der Waals surface area (Å²) in [6.07, 6.45) is 0.678. The van der Waals surface area contributed by atoms with Gasteiger partial charge in [-0.1, -0.05) is 13.8 Å². The van der Waals surface area contributed by atoms with E-state index in [1.807, 2.05) is 39.0 Å². The average molecular weight is 260 g/mol. The molecule has 1 heterocycles. The van der Waals surface area contributed by atoms with Gasteiger partial charge in [0, 0.05) is 5.69 Å². The van der Waals surface area contributed by atoms with Crippen molar-refractivity contribution in [2.75, 3.05) is 5.32 Å². The number of rotatable bonds is 4. The number of nitrogens with zero attached hydrogens (tertiary/aromatic N) is 1. The van der Waals surface area contributed by atoms with Gasteiger partial charge in [-0.05, 0) is 37.5 Å². The lowest BCUT2D eigenvalue weighted by Gasteiger charge is -2.14. The normalized spacial score (nSPS) is 12.9. The zero-order chi connectivity index (χ0) is 14.0. The number of amides is 1. The Morgan fingerprint density at radius 3 is 2.89 bits per heavy atom. The number of hydrogen-bond acceptors (Lipinski definition) is 3. The lowest BCUT2D eigenvalue weighted by molar-refractivity contribution is -0.117. The molecule has 0 saturated heterocycles. The summed E-state index contributed by atoms with van der Waals surface area (Å²) in [7, 11) is 0. The SMILES string of the molecule is Cc1nc2ccc(NC(=O)C(N)CC(C)C)cc2[nH]1. The van der Waals surface area contributed by atoms with Crippen LogP contribution in [0.1, 0.15) is 26.1 Å². The number of hydrogen-bond donors (Lipinski definition) is 3. The van der Waals surface area contributed by atoms with E-state index in [1.54, 1.807) is 0 Å². The highest BCUT2D eigenvalue weighted by Crippen LogP contribution is 2.17. The Morgan fingerprint density at radius 2 is 2.21 bits per heavy atom. The Hall–Kier alpha value is -1.88. The van der Waals surface area contributed by atoms with Gasteiger partial charge in [-0.2, -0.15) is 0 Å². The van der Waals surface area contributed by atoms with Crippen molar-refractivity contribution < 1.29 is 4.79 Å². The molecule has 2 aromatic rings. The van der Waals surface area contributed by atoms with Crippen molar-refractivity contribution in [3.8, 4) is 0 Å². The summed E-state index contributed by atoms with van der Waals surface area (Å²) in [4.78, 5) is 19.4. The molecule has 5 nitrogen and oxygen atoms in total. The average Bonchev–Trinajstić information content (AvgIpc) is 2.67. The summed E-state index contributed by atoms with van der Waals surface area (Å²) >= 11 is 0. The Labute approximate surface area is 112 Å². The van der Waals surface area contributed by atoms with Crippen LogP contribution in [0.3, 0.4) is 0 Å². The largest absolute Gasteiger partial charge is 0.342 e. The maximum atomic E-state index is 11.9. The van der Waals surface area contributed by atoms with Crippen molar-refractivity contribution in [2.45, 2.75) is 33.2 Å². The lowest BCUT2D eigenvalue weighted by Crippen LogP contribution is -2.36. The van der Waals surface area contributed by atoms with Crippen molar-refractivity contribution >= 4 is 22.6 Å². The molecule has 0 aliphatic heterocycles. The third kappa shape index (κ3) is 3.32. The van der Waals surface area contributed by atoms with E-state index in [0.717, 1.165) is 22.5 Å². The van der Waals surface area contributed by atoms with E-state index in [0.29, 0.717) is 12.3 Å². The van der Waals surface area contributed by atoms with E-state index in [-0.39, 0.29) is 5.91 Å². The number of aromatic nitrogens is 2. The first kappa shape index (κ1) is 13.5. The Balaban J connectivity index is 2.10. The third-order valence-corrected chi connectivity index (χ3v) is 2.93. The number of fused-ring (bicyclic) bond motifs is 1. The molecule has 1 atom stereocenters. The van der Waals surface area contributed by atoms with E-state index in [2.05, 4.69) is 15.3 Å². The van der Waals surface area contributed by atoms with Crippen LogP contribution in [0.5, 0.6) is 0 Å². The van der Waals surface area contributed by atoms with Gasteiger partial charge in [0.15, 0.2) is 0 Å². The molecule has 1 aromatic heterocycles. The van der Waals surface area contributed by atoms with E-state index < -0.39 is 6.04 Å². The highest BCUT2D eigenvalue weighted by molar-refractivity contribution is 5.96. The molecule has 0 aliphatic rings. The molecule has 0 fully saturated rings. The van der Waals surface area contributed by atoms with Crippen molar-refractivity contribution in [1.82, 2.24) is 9.97 Å². The van der Waals surface area contributed by atoms with Crippen molar-refractivity contribution in [2.24, 2.45) is 11.7 Å².